The Morgan fingerprint density at radius 3 is 2.55 bits per heavy atom. The number of fused-ring (bicyclic) bond motifs is 2. The van der Waals surface area contributed by atoms with Gasteiger partial charge in [0.1, 0.15) is 17.9 Å². The lowest BCUT2D eigenvalue weighted by atomic mass is 10.2. The molecule has 0 aliphatic heterocycles. The van der Waals surface area contributed by atoms with Crippen molar-refractivity contribution < 1.29 is 9.21 Å². The molecule has 4 rings (SSSR count). The molecule has 0 radical (unpaired) electrons. The molecule has 2 aromatic heterocycles. The fourth-order valence-electron chi connectivity index (χ4n) is 3.52. The molecule has 0 fully saturated rings. The third-order valence-corrected chi connectivity index (χ3v) is 5.00. The van der Waals surface area contributed by atoms with Crippen molar-refractivity contribution in [2.24, 2.45) is 0 Å². The van der Waals surface area contributed by atoms with Gasteiger partial charge in [0.25, 0.3) is 5.56 Å². The van der Waals surface area contributed by atoms with Crippen molar-refractivity contribution in [3.05, 3.63) is 81.2 Å². The zero-order valence-electron chi connectivity index (χ0n) is 16.2. The molecule has 1 atom stereocenters. The highest BCUT2D eigenvalue weighted by Gasteiger charge is 2.17. The summed E-state index contributed by atoms with van der Waals surface area (Å²) in [5.41, 5.74) is 0.350. The van der Waals surface area contributed by atoms with Crippen molar-refractivity contribution in [1.29, 1.82) is 0 Å². The molecule has 7 nitrogen and oxygen atoms in total. The van der Waals surface area contributed by atoms with E-state index in [1.165, 1.54) is 4.57 Å². The van der Waals surface area contributed by atoms with Crippen LogP contribution in [0.4, 0.5) is 0 Å². The summed E-state index contributed by atoms with van der Waals surface area (Å²) in [4.78, 5) is 38.0. The van der Waals surface area contributed by atoms with E-state index in [2.05, 4.69) is 5.32 Å². The maximum absolute atomic E-state index is 12.8. The van der Waals surface area contributed by atoms with Crippen molar-refractivity contribution in [2.45, 2.75) is 33.0 Å². The zero-order valence-corrected chi connectivity index (χ0v) is 16.2. The highest BCUT2D eigenvalue weighted by atomic mass is 16.3. The first kappa shape index (κ1) is 18.7. The number of carbonyl (C=O) groups is 1. The quantitative estimate of drug-likeness (QED) is 0.567. The maximum Gasteiger partial charge on any atom is 0.331 e. The van der Waals surface area contributed by atoms with Crippen LogP contribution in [-0.2, 0) is 17.9 Å². The number of nitrogens with one attached hydrogen (secondary N) is 1. The summed E-state index contributed by atoms with van der Waals surface area (Å²) >= 11 is 0. The number of amides is 1. The van der Waals surface area contributed by atoms with Gasteiger partial charge in [-0.2, -0.15) is 0 Å². The third kappa shape index (κ3) is 3.35. The molecule has 1 unspecified atom stereocenters. The SMILES string of the molecule is CCn1c(=O)c2ccccc2n(CC(=O)NC(C)c2cc3ccccc3o2)c1=O. The van der Waals surface area contributed by atoms with Gasteiger partial charge in [-0.3, -0.25) is 18.7 Å². The van der Waals surface area contributed by atoms with E-state index in [1.807, 2.05) is 37.3 Å². The van der Waals surface area contributed by atoms with E-state index >= 15 is 0 Å². The summed E-state index contributed by atoms with van der Waals surface area (Å²) in [7, 11) is 0. The first-order chi connectivity index (χ1) is 14.0. The summed E-state index contributed by atoms with van der Waals surface area (Å²) in [5, 5.41) is 4.24. The van der Waals surface area contributed by atoms with E-state index in [9.17, 15) is 14.4 Å². The largest absolute Gasteiger partial charge is 0.459 e. The Hall–Kier alpha value is -3.61. The van der Waals surface area contributed by atoms with Gasteiger partial charge in [-0.15, -0.1) is 0 Å². The van der Waals surface area contributed by atoms with E-state index in [0.717, 1.165) is 15.5 Å². The number of rotatable bonds is 5. The Morgan fingerprint density at radius 1 is 1.07 bits per heavy atom. The number of nitrogens with zero attached hydrogens (tertiary/aromatic N) is 2. The van der Waals surface area contributed by atoms with Crippen molar-refractivity contribution in [3.63, 3.8) is 0 Å². The van der Waals surface area contributed by atoms with Gasteiger partial charge in [0.2, 0.25) is 5.91 Å². The van der Waals surface area contributed by atoms with Crippen LogP contribution in [0.2, 0.25) is 0 Å². The Kier molecular flexibility index (Phi) is 4.80. The van der Waals surface area contributed by atoms with Crippen molar-refractivity contribution in [2.75, 3.05) is 0 Å². The minimum Gasteiger partial charge on any atom is -0.459 e. The highest BCUT2D eigenvalue weighted by Crippen LogP contribution is 2.23. The molecule has 7 heteroatoms. The molecule has 0 aliphatic rings. The molecule has 0 saturated heterocycles. The summed E-state index contributed by atoms with van der Waals surface area (Å²) < 4.78 is 8.27. The number of aromatic nitrogens is 2. The van der Waals surface area contributed by atoms with Crippen LogP contribution in [-0.4, -0.2) is 15.0 Å². The normalized spacial score (nSPS) is 12.3. The molecule has 148 valence electrons. The molecule has 4 aromatic rings. The molecular weight excluding hydrogens is 370 g/mol. The van der Waals surface area contributed by atoms with Crippen LogP contribution >= 0.6 is 0 Å². The van der Waals surface area contributed by atoms with E-state index in [-0.39, 0.29) is 30.6 Å². The zero-order chi connectivity index (χ0) is 20.5. The van der Waals surface area contributed by atoms with Crippen LogP contribution in [0.15, 0.2) is 68.6 Å². The smallest absolute Gasteiger partial charge is 0.331 e. The average Bonchev–Trinajstić information content (AvgIpc) is 3.16. The molecular formula is C22H21N3O4. The van der Waals surface area contributed by atoms with Gasteiger partial charge in [0.15, 0.2) is 0 Å². The summed E-state index contributed by atoms with van der Waals surface area (Å²) in [6.45, 7) is 3.60. The average molecular weight is 391 g/mol. The molecule has 2 heterocycles. The van der Waals surface area contributed by atoms with E-state index in [0.29, 0.717) is 16.7 Å². The number of furan rings is 1. The van der Waals surface area contributed by atoms with Crippen LogP contribution in [0.25, 0.3) is 21.9 Å². The Balaban J connectivity index is 1.63. The molecule has 0 bridgehead atoms. The predicted octanol–water partition coefficient (Wildman–Crippen LogP) is 2.81. The molecule has 0 spiro atoms. The second-order valence-electron chi connectivity index (χ2n) is 6.91. The van der Waals surface area contributed by atoms with Crippen molar-refractivity contribution in [3.8, 4) is 0 Å². The van der Waals surface area contributed by atoms with Gasteiger partial charge in [-0.1, -0.05) is 30.3 Å². The highest BCUT2D eigenvalue weighted by molar-refractivity contribution is 5.82. The van der Waals surface area contributed by atoms with Crippen LogP contribution in [0.1, 0.15) is 25.6 Å². The second-order valence-corrected chi connectivity index (χ2v) is 6.91. The minimum atomic E-state index is -0.497. The monoisotopic (exact) mass is 391 g/mol. The molecule has 1 amide bonds. The number of hydrogen-bond acceptors (Lipinski definition) is 4. The maximum atomic E-state index is 12.8. The van der Waals surface area contributed by atoms with E-state index in [1.54, 1.807) is 31.2 Å². The minimum absolute atomic E-state index is 0.190. The number of benzene rings is 2. The summed E-state index contributed by atoms with van der Waals surface area (Å²) in [5.74, 6) is 0.293. The molecule has 1 N–H and O–H groups in total. The predicted molar refractivity (Wildman–Crippen MR) is 111 cm³/mol. The topological polar surface area (TPSA) is 86.2 Å². The molecule has 0 aliphatic carbocycles. The first-order valence-corrected chi connectivity index (χ1v) is 9.49. The molecule has 0 saturated carbocycles. The Morgan fingerprint density at radius 2 is 1.79 bits per heavy atom. The van der Waals surface area contributed by atoms with Crippen LogP contribution < -0.4 is 16.6 Å². The standard InChI is InChI=1S/C22H21N3O4/c1-3-24-21(27)16-9-5-6-10-17(16)25(22(24)28)13-20(26)23-14(2)19-12-15-8-4-7-11-18(15)29-19/h4-12,14H,3,13H2,1-2H3,(H,23,26). The van der Waals surface area contributed by atoms with Gasteiger partial charge in [-0.05, 0) is 38.1 Å². The molecule has 2 aromatic carbocycles. The van der Waals surface area contributed by atoms with Gasteiger partial charge < -0.3 is 9.73 Å². The lowest BCUT2D eigenvalue weighted by Gasteiger charge is -2.15. The van der Waals surface area contributed by atoms with Gasteiger partial charge in [0.05, 0.1) is 16.9 Å². The third-order valence-electron chi connectivity index (χ3n) is 5.00. The summed E-state index contributed by atoms with van der Waals surface area (Å²) in [6.07, 6.45) is 0. The second kappa shape index (κ2) is 7.43. The fourth-order valence-corrected chi connectivity index (χ4v) is 3.52. The van der Waals surface area contributed by atoms with Gasteiger partial charge >= 0.3 is 5.69 Å². The number of para-hydroxylation sites is 2. The lowest BCUT2D eigenvalue weighted by molar-refractivity contribution is -0.122. The van der Waals surface area contributed by atoms with Gasteiger partial charge in [-0.25, -0.2) is 4.79 Å². The van der Waals surface area contributed by atoms with E-state index < -0.39 is 5.69 Å². The Bertz CT molecular complexity index is 1300. The lowest BCUT2D eigenvalue weighted by Crippen LogP contribution is -2.42. The number of carbonyl (C=O) groups excluding carboxylic acids is 1. The fraction of sp³-hybridized carbons (Fsp3) is 0.227. The van der Waals surface area contributed by atoms with Gasteiger partial charge in [0, 0.05) is 11.9 Å². The van der Waals surface area contributed by atoms with Crippen molar-refractivity contribution in [1.82, 2.24) is 14.5 Å². The van der Waals surface area contributed by atoms with Crippen LogP contribution in [0.3, 0.4) is 0 Å². The van der Waals surface area contributed by atoms with E-state index in [4.69, 9.17) is 4.42 Å². The Labute approximate surface area is 166 Å². The molecule has 29 heavy (non-hydrogen) atoms. The van der Waals surface area contributed by atoms with Crippen LogP contribution in [0, 0.1) is 0 Å². The van der Waals surface area contributed by atoms with Crippen molar-refractivity contribution >= 4 is 27.8 Å². The number of hydrogen-bond donors (Lipinski definition) is 1. The first-order valence-electron chi connectivity index (χ1n) is 9.49. The van der Waals surface area contributed by atoms with Crippen LogP contribution in [0.5, 0.6) is 0 Å². The summed E-state index contributed by atoms with van der Waals surface area (Å²) in [6, 6.07) is 16.0.